The molecule has 3 aliphatic rings. The van der Waals surface area contributed by atoms with E-state index < -0.39 is 0 Å². The predicted molar refractivity (Wildman–Crippen MR) is 67.3 cm³/mol. The Morgan fingerprint density at radius 3 is 2.89 bits per heavy atom. The molecule has 96 valence electrons. The van der Waals surface area contributed by atoms with Gasteiger partial charge in [0.25, 0.3) is 0 Å². The van der Waals surface area contributed by atoms with Crippen molar-refractivity contribution < 1.29 is 9.57 Å². The lowest BCUT2D eigenvalue weighted by molar-refractivity contribution is -0.138. The van der Waals surface area contributed by atoms with Crippen molar-refractivity contribution in [2.45, 2.75) is 30.7 Å². The van der Waals surface area contributed by atoms with Gasteiger partial charge in [0.05, 0.1) is 18.2 Å². The van der Waals surface area contributed by atoms with Gasteiger partial charge in [-0.3, -0.25) is 9.74 Å². The summed E-state index contributed by atoms with van der Waals surface area (Å²) in [6.45, 7) is 2.09. The molecule has 3 aliphatic heterocycles. The highest BCUT2D eigenvalue weighted by Gasteiger charge is 2.55. The average Bonchev–Trinajstić information content (AvgIpc) is 2.65. The van der Waals surface area contributed by atoms with Crippen LogP contribution in [0.15, 0.2) is 30.3 Å². The van der Waals surface area contributed by atoms with Crippen molar-refractivity contribution in [2.24, 2.45) is 0 Å². The Bertz CT molecular complexity index is 437. The van der Waals surface area contributed by atoms with Crippen LogP contribution in [-0.2, 0) is 4.84 Å². The zero-order valence-corrected chi connectivity index (χ0v) is 10.5. The highest BCUT2D eigenvalue weighted by molar-refractivity contribution is 5.22. The number of para-hydroxylation sites is 1. The molecule has 4 atom stereocenters. The number of benzene rings is 1. The summed E-state index contributed by atoms with van der Waals surface area (Å²) in [5.41, 5.74) is 0. The molecule has 3 fully saturated rings. The number of likely N-dealkylation sites (N-methyl/N-ethyl adjacent to an activating group) is 1. The topological polar surface area (TPSA) is 24.9 Å². The van der Waals surface area contributed by atoms with Gasteiger partial charge in [0, 0.05) is 20.1 Å². The van der Waals surface area contributed by atoms with E-state index in [2.05, 4.69) is 4.90 Å². The van der Waals surface area contributed by atoms with Gasteiger partial charge in [-0.2, -0.15) is 5.06 Å². The van der Waals surface area contributed by atoms with Gasteiger partial charge in [-0.25, -0.2) is 0 Å². The lowest BCUT2D eigenvalue weighted by Gasteiger charge is -2.52. The average molecular weight is 246 g/mol. The van der Waals surface area contributed by atoms with Gasteiger partial charge in [0.15, 0.2) is 0 Å². The van der Waals surface area contributed by atoms with Crippen LogP contribution in [0.25, 0.3) is 0 Å². The van der Waals surface area contributed by atoms with E-state index >= 15 is 0 Å². The summed E-state index contributed by atoms with van der Waals surface area (Å²) in [7, 11) is 2.05. The SMILES string of the molecule is CN1O[C@@H]2C[C@H]1[C@H]1[C@H](Oc3ccccc3)CN1C2. The third kappa shape index (κ3) is 1.56. The van der Waals surface area contributed by atoms with Crippen LogP contribution in [0.1, 0.15) is 6.42 Å². The second-order valence-corrected chi connectivity index (χ2v) is 5.49. The van der Waals surface area contributed by atoms with E-state index in [9.17, 15) is 0 Å². The maximum atomic E-state index is 6.09. The Labute approximate surface area is 107 Å². The highest BCUT2D eigenvalue weighted by Crippen LogP contribution is 2.38. The number of hydroxylamine groups is 2. The first-order chi connectivity index (χ1) is 8.81. The smallest absolute Gasteiger partial charge is 0.128 e. The number of ether oxygens (including phenoxy) is 1. The monoisotopic (exact) mass is 246 g/mol. The van der Waals surface area contributed by atoms with E-state index in [1.807, 2.05) is 42.4 Å². The third-order valence-corrected chi connectivity index (χ3v) is 4.37. The summed E-state index contributed by atoms with van der Waals surface area (Å²) in [5.74, 6) is 0.978. The van der Waals surface area contributed by atoms with E-state index in [1.165, 1.54) is 0 Å². The number of hydrogen-bond donors (Lipinski definition) is 0. The Morgan fingerprint density at radius 1 is 1.22 bits per heavy atom. The first kappa shape index (κ1) is 10.8. The second-order valence-electron chi connectivity index (χ2n) is 5.49. The summed E-state index contributed by atoms with van der Waals surface area (Å²) in [4.78, 5) is 8.30. The number of hydrogen-bond acceptors (Lipinski definition) is 4. The summed E-state index contributed by atoms with van der Waals surface area (Å²) in [6.07, 6.45) is 1.85. The van der Waals surface area contributed by atoms with E-state index in [0.29, 0.717) is 24.3 Å². The van der Waals surface area contributed by atoms with Crippen molar-refractivity contribution in [1.82, 2.24) is 9.96 Å². The van der Waals surface area contributed by atoms with E-state index in [0.717, 1.165) is 25.3 Å². The normalized spacial score (nSPS) is 39.2. The fraction of sp³-hybridized carbons (Fsp3) is 0.571. The van der Waals surface area contributed by atoms with Crippen molar-refractivity contribution in [1.29, 1.82) is 0 Å². The highest BCUT2D eigenvalue weighted by atomic mass is 16.7. The molecule has 0 spiro atoms. The number of nitrogens with zero attached hydrogens (tertiary/aromatic N) is 2. The molecule has 4 rings (SSSR count). The van der Waals surface area contributed by atoms with Crippen LogP contribution in [0.5, 0.6) is 5.75 Å². The molecule has 0 aromatic heterocycles. The maximum absolute atomic E-state index is 6.09. The van der Waals surface area contributed by atoms with Crippen LogP contribution in [0, 0.1) is 0 Å². The molecule has 1 aromatic carbocycles. The molecule has 0 amide bonds. The lowest BCUT2D eigenvalue weighted by atomic mass is 9.84. The number of fused-ring (bicyclic) bond motifs is 4. The first-order valence-electron chi connectivity index (χ1n) is 6.66. The summed E-state index contributed by atoms with van der Waals surface area (Å²) < 4.78 is 6.09. The minimum Gasteiger partial charge on any atom is -0.487 e. The van der Waals surface area contributed by atoms with Crippen molar-refractivity contribution in [2.75, 3.05) is 20.1 Å². The van der Waals surface area contributed by atoms with Crippen molar-refractivity contribution >= 4 is 0 Å². The molecular weight excluding hydrogens is 228 g/mol. The summed E-state index contributed by atoms with van der Waals surface area (Å²) in [5, 5.41) is 2.04. The summed E-state index contributed by atoms with van der Waals surface area (Å²) >= 11 is 0. The van der Waals surface area contributed by atoms with E-state index in [-0.39, 0.29) is 0 Å². The zero-order valence-electron chi connectivity index (χ0n) is 10.5. The molecule has 18 heavy (non-hydrogen) atoms. The van der Waals surface area contributed by atoms with Gasteiger partial charge < -0.3 is 4.74 Å². The molecule has 0 radical (unpaired) electrons. The Hall–Kier alpha value is -1.10. The second kappa shape index (κ2) is 3.95. The van der Waals surface area contributed by atoms with Crippen LogP contribution in [0.2, 0.25) is 0 Å². The minimum absolute atomic E-state index is 0.308. The van der Waals surface area contributed by atoms with Gasteiger partial charge in [0.1, 0.15) is 11.9 Å². The summed E-state index contributed by atoms with van der Waals surface area (Å²) in [6, 6.07) is 11.1. The Balaban J connectivity index is 1.49. The zero-order chi connectivity index (χ0) is 12.1. The van der Waals surface area contributed by atoms with Crippen LogP contribution in [0.4, 0.5) is 0 Å². The first-order valence-corrected chi connectivity index (χ1v) is 6.66. The molecule has 0 unspecified atom stereocenters. The van der Waals surface area contributed by atoms with Crippen LogP contribution in [0.3, 0.4) is 0 Å². The lowest BCUT2D eigenvalue weighted by Crippen LogP contribution is -2.70. The molecule has 0 saturated carbocycles. The van der Waals surface area contributed by atoms with Crippen molar-refractivity contribution in [3.63, 3.8) is 0 Å². The van der Waals surface area contributed by atoms with Gasteiger partial charge in [-0.1, -0.05) is 18.2 Å². The molecule has 3 heterocycles. The molecule has 1 aromatic rings. The molecule has 0 N–H and O–H groups in total. The minimum atomic E-state index is 0.308. The fourth-order valence-corrected chi connectivity index (χ4v) is 3.52. The predicted octanol–water partition coefficient (Wildman–Crippen LogP) is 1.14. The Morgan fingerprint density at radius 2 is 2.06 bits per heavy atom. The van der Waals surface area contributed by atoms with Gasteiger partial charge in [-0.15, -0.1) is 0 Å². The maximum Gasteiger partial charge on any atom is 0.128 e. The molecule has 4 heteroatoms. The van der Waals surface area contributed by atoms with Crippen LogP contribution < -0.4 is 4.74 Å². The molecule has 3 saturated heterocycles. The number of rotatable bonds is 2. The van der Waals surface area contributed by atoms with E-state index in [4.69, 9.17) is 9.57 Å². The van der Waals surface area contributed by atoms with Crippen molar-refractivity contribution in [3.8, 4) is 5.75 Å². The van der Waals surface area contributed by atoms with Gasteiger partial charge in [-0.05, 0) is 18.6 Å². The van der Waals surface area contributed by atoms with Crippen LogP contribution >= 0.6 is 0 Å². The standard InChI is InChI=1S/C14H18N2O2/c1-15-12-7-11(18-15)8-16-9-13(14(12)16)17-10-5-3-2-4-6-10/h2-6,11-14H,7-9H2,1H3/t11-,12+,13-,14+/m1/s1. The fourth-order valence-electron chi connectivity index (χ4n) is 3.52. The third-order valence-electron chi connectivity index (χ3n) is 4.37. The van der Waals surface area contributed by atoms with Gasteiger partial charge in [0.2, 0.25) is 0 Å². The van der Waals surface area contributed by atoms with Crippen LogP contribution in [-0.4, -0.2) is 54.4 Å². The molecule has 0 aliphatic carbocycles. The molecule has 4 nitrogen and oxygen atoms in total. The van der Waals surface area contributed by atoms with E-state index in [1.54, 1.807) is 0 Å². The molecule has 2 bridgehead atoms. The van der Waals surface area contributed by atoms with Gasteiger partial charge >= 0.3 is 0 Å². The molecular formula is C14H18N2O2. The number of piperidine rings is 1. The largest absolute Gasteiger partial charge is 0.487 e. The van der Waals surface area contributed by atoms with Crippen molar-refractivity contribution in [3.05, 3.63) is 30.3 Å². The Kier molecular flexibility index (Phi) is 2.37. The quantitative estimate of drug-likeness (QED) is 0.781.